The van der Waals surface area contributed by atoms with Gasteiger partial charge in [-0.15, -0.1) is 0 Å². The number of hydrogen-bond acceptors (Lipinski definition) is 5. The molecule has 0 aromatic heterocycles. The average molecular weight is 631 g/mol. The summed E-state index contributed by atoms with van der Waals surface area (Å²) in [4.78, 5) is 28.5. The zero-order valence-corrected chi connectivity index (χ0v) is 25.8. The van der Waals surface area contributed by atoms with Gasteiger partial charge in [0.15, 0.2) is 0 Å². The van der Waals surface area contributed by atoms with Crippen molar-refractivity contribution < 1.29 is 22.7 Å². The van der Waals surface area contributed by atoms with Crippen LogP contribution in [0.5, 0.6) is 5.75 Å². The maximum Gasteiger partial charge on any atom is 0.264 e. The fourth-order valence-corrected chi connectivity index (χ4v) is 5.63. The first-order chi connectivity index (χ1) is 19.0. The van der Waals surface area contributed by atoms with Gasteiger partial charge in [-0.2, -0.15) is 0 Å². The molecule has 0 aliphatic carbocycles. The van der Waals surface area contributed by atoms with Crippen LogP contribution in [0, 0.1) is 6.92 Å². The topological polar surface area (TPSA) is 96.0 Å². The summed E-state index contributed by atoms with van der Waals surface area (Å²) in [7, 11) is -2.65. The monoisotopic (exact) mass is 629 g/mol. The molecule has 0 aliphatic heterocycles. The highest BCUT2D eigenvalue weighted by Crippen LogP contribution is 2.26. The Bertz CT molecular complexity index is 1390. The number of rotatable bonds is 12. The quantitative estimate of drug-likeness (QED) is 0.294. The molecule has 3 aromatic carbocycles. The number of carbonyl (C=O) groups is 2. The van der Waals surface area contributed by atoms with E-state index in [1.165, 1.54) is 24.1 Å². The predicted molar refractivity (Wildman–Crippen MR) is 161 cm³/mol. The highest BCUT2D eigenvalue weighted by atomic mass is 79.9. The van der Waals surface area contributed by atoms with Gasteiger partial charge in [-0.3, -0.25) is 13.9 Å². The minimum absolute atomic E-state index is 0.0173. The van der Waals surface area contributed by atoms with Gasteiger partial charge in [-0.05, 0) is 81.3 Å². The first-order valence-corrected chi connectivity index (χ1v) is 15.3. The fraction of sp³-hybridized carbons (Fsp3) is 0.333. The normalized spacial score (nSPS) is 12.8. The summed E-state index contributed by atoms with van der Waals surface area (Å²) in [5.74, 6) is -0.300. The van der Waals surface area contributed by atoms with Gasteiger partial charge >= 0.3 is 0 Å². The molecule has 3 aromatic rings. The molecular weight excluding hydrogens is 594 g/mol. The Morgan fingerprint density at radius 1 is 0.950 bits per heavy atom. The molecule has 1 N–H and O–H groups in total. The molecule has 0 saturated carbocycles. The summed E-state index contributed by atoms with van der Waals surface area (Å²) in [6, 6.07) is 19.4. The van der Waals surface area contributed by atoms with E-state index in [-0.39, 0.29) is 23.4 Å². The number of benzene rings is 3. The Kier molecular flexibility index (Phi) is 10.8. The third-order valence-corrected chi connectivity index (χ3v) is 9.00. The number of carbonyl (C=O) groups excluding carboxylic acids is 2. The first kappa shape index (κ1) is 31.2. The van der Waals surface area contributed by atoms with Crippen molar-refractivity contribution >= 4 is 43.5 Å². The van der Waals surface area contributed by atoms with Gasteiger partial charge in [0.2, 0.25) is 11.8 Å². The van der Waals surface area contributed by atoms with Crippen LogP contribution in [0.4, 0.5) is 5.69 Å². The lowest BCUT2D eigenvalue weighted by molar-refractivity contribution is -0.139. The van der Waals surface area contributed by atoms with Gasteiger partial charge in [0.05, 0.1) is 17.7 Å². The molecule has 0 radical (unpaired) electrons. The number of amides is 2. The summed E-state index contributed by atoms with van der Waals surface area (Å²) in [6.45, 7) is 7.05. The second-order valence-corrected chi connectivity index (χ2v) is 12.4. The molecule has 0 aliphatic rings. The van der Waals surface area contributed by atoms with Crippen LogP contribution in [-0.2, 0) is 26.2 Å². The Morgan fingerprint density at radius 3 is 2.10 bits per heavy atom. The maximum atomic E-state index is 14.0. The molecule has 8 nitrogen and oxygen atoms in total. The van der Waals surface area contributed by atoms with E-state index in [9.17, 15) is 18.0 Å². The molecule has 214 valence electrons. The van der Waals surface area contributed by atoms with Gasteiger partial charge in [-0.1, -0.05) is 52.7 Å². The second-order valence-electron chi connectivity index (χ2n) is 9.66. The number of aryl methyl sites for hydroxylation is 1. The lowest BCUT2D eigenvalue weighted by atomic mass is 10.1. The summed E-state index contributed by atoms with van der Waals surface area (Å²) < 4.78 is 34.9. The van der Waals surface area contributed by atoms with E-state index in [0.717, 1.165) is 26.3 Å². The van der Waals surface area contributed by atoms with E-state index < -0.39 is 28.5 Å². The first-order valence-electron chi connectivity index (χ1n) is 13.0. The highest BCUT2D eigenvalue weighted by Gasteiger charge is 2.32. The van der Waals surface area contributed by atoms with Crippen LogP contribution in [0.15, 0.2) is 82.2 Å². The van der Waals surface area contributed by atoms with E-state index in [0.29, 0.717) is 11.4 Å². The third-order valence-electron chi connectivity index (χ3n) is 6.68. The largest absolute Gasteiger partial charge is 0.497 e. The van der Waals surface area contributed by atoms with E-state index in [1.54, 1.807) is 43.3 Å². The minimum Gasteiger partial charge on any atom is -0.497 e. The molecular formula is C30H36BrN3O5S. The van der Waals surface area contributed by atoms with Crippen LogP contribution in [0.25, 0.3) is 0 Å². The molecule has 0 saturated heterocycles. The summed E-state index contributed by atoms with van der Waals surface area (Å²) in [6.07, 6.45) is 0.737. The molecule has 0 spiro atoms. The van der Waals surface area contributed by atoms with Gasteiger partial charge in [0.25, 0.3) is 10.0 Å². The highest BCUT2D eigenvalue weighted by molar-refractivity contribution is 9.10. The maximum absolute atomic E-state index is 14.0. The molecule has 3 rings (SSSR count). The summed E-state index contributed by atoms with van der Waals surface area (Å²) in [5, 5.41) is 2.93. The number of halogens is 1. The van der Waals surface area contributed by atoms with Crippen molar-refractivity contribution in [2.24, 2.45) is 0 Å². The van der Waals surface area contributed by atoms with Gasteiger partial charge in [0, 0.05) is 17.1 Å². The number of hydrogen-bond donors (Lipinski definition) is 1. The van der Waals surface area contributed by atoms with Crippen molar-refractivity contribution in [3.05, 3.63) is 88.4 Å². The molecule has 0 unspecified atom stereocenters. The van der Waals surface area contributed by atoms with Crippen molar-refractivity contribution in [2.75, 3.05) is 18.0 Å². The zero-order valence-electron chi connectivity index (χ0n) is 23.4. The van der Waals surface area contributed by atoms with Gasteiger partial charge in [-0.25, -0.2) is 8.42 Å². The summed E-state index contributed by atoms with van der Waals surface area (Å²) in [5.41, 5.74) is 2.10. The van der Waals surface area contributed by atoms with Crippen LogP contribution in [0.2, 0.25) is 0 Å². The predicted octanol–water partition coefficient (Wildman–Crippen LogP) is 5.29. The number of anilines is 1. The Morgan fingerprint density at radius 2 is 1.55 bits per heavy atom. The average Bonchev–Trinajstić information content (AvgIpc) is 2.95. The standard InChI is InChI=1S/C30H36BrN3O5S/c1-6-22(3)32-30(36)23(4)33(19-24-9-11-25(31)12-10-24)29(35)20-34(26-13-7-21(2)8-14-26)40(37,38)28-17-15-27(39-5)16-18-28/h7-18,22-23H,6,19-20H2,1-5H3,(H,32,36)/t22-,23+/m1/s1. The van der Waals surface area contributed by atoms with E-state index >= 15 is 0 Å². The Labute approximate surface area is 245 Å². The van der Waals surface area contributed by atoms with E-state index in [1.807, 2.05) is 45.0 Å². The number of ether oxygens (including phenoxy) is 1. The van der Waals surface area contributed by atoms with E-state index in [2.05, 4.69) is 21.2 Å². The van der Waals surface area contributed by atoms with Crippen LogP contribution in [0.3, 0.4) is 0 Å². The van der Waals surface area contributed by atoms with Crippen LogP contribution < -0.4 is 14.4 Å². The lowest BCUT2D eigenvalue weighted by Gasteiger charge is -2.32. The zero-order chi connectivity index (χ0) is 29.4. The van der Waals surface area contributed by atoms with Crippen LogP contribution in [-0.4, -0.2) is 50.9 Å². The molecule has 10 heteroatoms. The number of sulfonamides is 1. The Balaban J connectivity index is 2.01. The van der Waals surface area contributed by atoms with Crippen molar-refractivity contribution in [1.29, 1.82) is 0 Å². The summed E-state index contributed by atoms with van der Waals surface area (Å²) >= 11 is 3.42. The molecule has 40 heavy (non-hydrogen) atoms. The van der Waals surface area contributed by atoms with E-state index in [4.69, 9.17) is 4.74 Å². The number of methoxy groups -OCH3 is 1. The molecule has 0 fully saturated rings. The van der Waals surface area contributed by atoms with Crippen molar-refractivity contribution in [3.63, 3.8) is 0 Å². The lowest BCUT2D eigenvalue weighted by Crippen LogP contribution is -2.52. The van der Waals surface area contributed by atoms with Crippen molar-refractivity contribution in [1.82, 2.24) is 10.2 Å². The molecule has 0 heterocycles. The second kappa shape index (κ2) is 13.8. The van der Waals surface area contributed by atoms with Gasteiger partial charge < -0.3 is 15.0 Å². The van der Waals surface area contributed by atoms with Crippen molar-refractivity contribution in [3.8, 4) is 5.75 Å². The Hall–Kier alpha value is -3.37. The van der Waals surface area contributed by atoms with Crippen molar-refractivity contribution in [2.45, 2.75) is 57.6 Å². The fourth-order valence-electron chi connectivity index (χ4n) is 3.95. The number of nitrogens with one attached hydrogen (secondary N) is 1. The molecule has 0 bridgehead atoms. The van der Waals surface area contributed by atoms with Crippen LogP contribution in [0.1, 0.15) is 38.3 Å². The van der Waals surface area contributed by atoms with Crippen LogP contribution >= 0.6 is 15.9 Å². The molecule has 2 amide bonds. The SMILES string of the molecule is CC[C@@H](C)NC(=O)[C@H](C)N(Cc1ccc(Br)cc1)C(=O)CN(c1ccc(C)cc1)S(=O)(=O)c1ccc(OC)cc1. The van der Waals surface area contributed by atoms with Gasteiger partial charge in [0.1, 0.15) is 18.3 Å². The number of nitrogens with zero attached hydrogens (tertiary/aromatic N) is 2. The smallest absolute Gasteiger partial charge is 0.264 e. The molecule has 2 atom stereocenters. The minimum atomic E-state index is -4.14. The third kappa shape index (κ3) is 7.85.